The van der Waals surface area contributed by atoms with Crippen molar-refractivity contribution in [2.75, 3.05) is 27.2 Å². The number of aryl methyl sites for hydroxylation is 2. The number of ketones is 1. The van der Waals surface area contributed by atoms with Gasteiger partial charge in [-0.1, -0.05) is 62.7 Å². The Bertz CT molecular complexity index is 1080. The summed E-state index contributed by atoms with van der Waals surface area (Å²) in [4.78, 5) is 29.8. The van der Waals surface area contributed by atoms with Gasteiger partial charge in [0, 0.05) is 18.7 Å². The highest BCUT2D eigenvalue weighted by Gasteiger charge is 2.46. The second kappa shape index (κ2) is 8.91. The van der Waals surface area contributed by atoms with Gasteiger partial charge in [-0.15, -0.1) is 0 Å². The fourth-order valence-corrected chi connectivity index (χ4v) is 4.09. The minimum absolute atomic E-state index is 0.106. The largest absolute Gasteiger partial charge is 0.507 e. The molecule has 5 nitrogen and oxygen atoms in total. The van der Waals surface area contributed by atoms with Crippen LogP contribution in [0.2, 0.25) is 0 Å². The maximum absolute atomic E-state index is 13.2. The molecule has 2 aromatic carbocycles. The van der Waals surface area contributed by atoms with Crippen LogP contribution >= 0.6 is 0 Å². The number of Topliss-reactive ketones (excluding diaryl/α,β-unsaturated/α-hetero) is 1. The molecule has 1 aliphatic rings. The number of carbonyl (C=O) groups excluding carboxylic acids is 2. The van der Waals surface area contributed by atoms with E-state index in [1.54, 1.807) is 4.90 Å². The number of likely N-dealkylation sites (tertiary alicyclic amines) is 1. The second-order valence-electron chi connectivity index (χ2n) is 9.99. The summed E-state index contributed by atoms with van der Waals surface area (Å²) in [6.45, 7) is 11.2. The number of carbonyl (C=O) groups is 2. The van der Waals surface area contributed by atoms with E-state index in [0.29, 0.717) is 18.7 Å². The number of hydrogen-bond acceptors (Lipinski definition) is 4. The molecule has 0 radical (unpaired) electrons. The Kier molecular flexibility index (Phi) is 6.61. The fourth-order valence-electron chi connectivity index (χ4n) is 4.09. The van der Waals surface area contributed by atoms with Crippen LogP contribution in [-0.2, 0) is 15.0 Å². The molecule has 0 saturated carbocycles. The van der Waals surface area contributed by atoms with Gasteiger partial charge in [0.1, 0.15) is 5.76 Å². The summed E-state index contributed by atoms with van der Waals surface area (Å²) >= 11 is 0. The summed E-state index contributed by atoms with van der Waals surface area (Å²) in [7, 11) is 3.86. The number of amides is 1. The minimum atomic E-state index is -0.631. The molecular weight excluding hydrogens is 400 g/mol. The summed E-state index contributed by atoms with van der Waals surface area (Å²) < 4.78 is 0. The highest BCUT2D eigenvalue weighted by atomic mass is 16.3. The molecule has 0 aliphatic carbocycles. The first-order chi connectivity index (χ1) is 14.9. The Morgan fingerprint density at radius 1 is 1.06 bits per heavy atom. The molecule has 1 N–H and O–H groups in total. The van der Waals surface area contributed by atoms with E-state index in [1.165, 1.54) is 0 Å². The van der Waals surface area contributed by atoms with Gasteiger partial charge >= 0.3 is 0 Å². The fraction of sp³-hybridized carbons (Fsp3) is 0.407. The molecule has 1 aliphatic heterocycles. The van der Waals surface area contributed by atoms with Crippen molar-refractivity contribution in [2.24, 2.45) is 0 Å². The number of nitrogens with zero attached hydrogens (tertiary/aromatic N) is 2. The Morgan fingerprint density at radius 2 is 1.75 bits per heavy atom. The molecule has 0 bridgehead atoms. The monoisotopic (exact) mass is 434 g/mol. The number of hydrogen-bond donors (Lipinski definition) is 1. The van der Waals surface area contributed by atoms with Gasteiger partial charge in [-0.05, 0) is 56.1 Å². The van der Waals surface area contributed by atoms with Crippen LogP contribution in [0.3, 0.4) is 0 Å². The number of benzene rings is 2. The van der Waals surface area contributed by atoms with E-state index in [4.69, 9.17) is 0 Å². The maximum atomic E-state index is 13.2. The van der Waals surface area contributed by atoms with E-state index in [0.717, 1.165) is 22.3 Å². The first-order valence-corrected chi connectivity index (χ1v) is 11.0. The van der Waals surface area contributed by atoms with E-state index >= 15 is 0 Å². The smallest absolute Gasteiger partial charge is 0.295 e. The van der Waals surface area contributed by atoms with Gasteiger partial charge in [0.2, 0.25) is 0 Å². The van der Waals surface area contributed by atoms with Gasteiger partial charge in [-0.25, -0.2) is 0 Å². The lowest BCUT2D eigenvalue weighted by Crippen LogP contribution is -2.35. The Labute approximate surface area is 191 Å². The van der Waals surface area contributed by atoms with Crippen LogP contribution in [0.5, 0.6) is 0 Å². The summed E-state index contributed by atoms with van der Waals surface area (Å²) in [5, 5.41) is 11.4. The average molecular weight is 435 g/mol. The number of aliphatic hydroxyl groups excluding tert-OH is 1. The molecule has 0 spiro atoms. The maximum Gasteiger partial charge on any atom is 0.295 e. The van der Waals surface area contributed by atoms with Crippen molar-refractivity contribution in [3.63, 3.8) is 0 Å². The predicted molar refractivity (Wildman–Crippen MR) is 129 cm³/mol. The highest BCUT2D eigenvalue weighted by Crippen LogP contribution is 2.40. The van der Waals surface area contributed by atoms with E-state index in [1.807, 2.05) is 75.3 Å². The molecule has 3 rings (SSSR count). The van der Waals surface area contributed by atoms with Gasteiger partial charge in [0.15, 0.2) is 0 Å². The SMILES string of the molecule is Cc1cccc(C2/C(=C(\O)c3cc(C(C)(C)C)ccc3C)C(=O)C(=O)N2CCN(C)C)c1. The zero-order chi connectivity index (χ0) is 23.8. The van der Waals surface area contributed by atoms with E-state index in [2.05, 4.69) is 20.8 Å². The summed E-state index contributed by atoms with van der Waals surface area (Å²) in [6.07, 6.45) is 0. The average Bonchev–Trinajstić information content (AvgIpc) is 2.96. The third-order valence-corrected chi connectivity index (χ3v) is 6.04. The van der Waals surface area contributed by atoms with Gasteiger partial charge < -0.3 is 14.9 Å². The quantitative estimate of drug-likeness (QED) is 0.425. The van der Waals surface area contributed by atoms with Crippen LogP contribution in [0, 0.1) is 13.8 Å². The Morgan fingerprint density at radius 3 is 2.34 bits per heavy atom. The lowest BCUT2D eigenvalue weighted by atomic mass is 9.84. The Balaban J connectivity index is 2.22. The van der Waals surface area contributed by atoms with Crippen LogP contribution in [0.4, 0.5) is 0 Å². The van der Waals surface area contributed by atoms with E-state index < -0.39 is 17.7 Å². The molecule has 1 heterocycles. The molecule has 1 atom stereocenters. The topological polar surface area (TPSA) is 60.9 Å². The van der Waals surface area contributed by atoms with Gasteiger partial charge in [-0.3, -0.25) is 9.59 Å². The van der Waals surface area contributed by atoms with Crippen LogP contribution in [0.15, 0.2) is 48.0 Å². The summed E-state index contributed by atoms with van der Waals surface area (Å²) in [5.41, 5.74) is 4.42. The van der Waals surface area contributed by atoms with Crippen LogP contribution in [0.1, 0.15) is 54.6 Å². The van der Waals surface area contributed by atoms with Crippen LogP contribution in [0.25, 0.3) is 5.76 Å². The summed E-state index contributed by atoms with van der Waals surface area (Å²) in [6, 6.07) is 13.1. The van der Waals surface area contributed by atoms with E-state index in [9.17, 15) is 14.7 Å². The molecule has 1 fully saturated rings. The van der Waals surface area contributed by atoms with Crippen molar-refractivity contribution in [1.82, 2.24) is 9.80 Å². The van der Waals surface area contributed by atoms with Crippen molar-refractivity contribution >= 4 is 17.4 Å². The zero-order valence-electron chi connectivity index (χ0n) is 20.2. The second-order valence-corrected chi connectivity index (χ2v) is 9.99. The molecule has 1 saturated heterocycles. The lowest BCUT2D eigenvalue weighted by molar-refractivity contribution is -0.140. The van der Waals surface area contributed by atoms with Crippen molar-refractivity contribution in [3.05, 3.63) is 75.9 Å². The van der Waals surface area contributed by atoms with Crippen molar-refractivity contribution < 1.29 is 14.7 Å². The molecule has 32 heavy (non-hydrogen) atoms. The molecule has 170 valence electrons. The molecule has 2 aromatic rings. The highest BCUT2D eigenvalue weighted by molar-refractivity contribution is 6.46. The van der Waals surface area contributed by atoms with E-state index in [-0.39, 0.29) is 16.7 Å². The number of likely N-dealkylation sites (N-methyl/N-ethyl adjacent to an activating group) is 1. The number of aliphatic hydroxyl groups is 1. The normalized spacial score (nSPS) is 18.6. The molecule has 0 aromatic heterocycles. The minimum Gasteiger partial charge on any atom is -0.507 e. The van der Waals surface area contributed by atoms with Crippen molar-refractivity contribution in [1.29, 1.82) is 0 Å². The molecular formula is C27H34N2O3. The summed E-state index contributed by atoms with van der Waals surface area (Å²) in [5.74, 6) is -1.30. The molecule has 1 unspecified atom stereocenters. The third kappa shape index (κ3) is 4.63. The standard InChI is InChI=1S/C27H34N2O3/c1-17-9-8-10-19(15-17)23-22(25(31)26(32)29(23)14-13-28(6)7)24(30)21-16-20(27(3,4)5)12-11-18(21)2/h8-12,15-16,23,30H,13-14H2,1-7H3/b24-22+. The van der Waals surface area contributed by atoms with Crippen LogP contribution in [-0.4, -0.2) is 53.8 Å². The first kappa shape index (κ1) is 23.7. The van der Waals surface area contributed by atoms with Gasteiger partial charge in [-0.2, -0.15) is 0 Å². The van der Waals surface area contributed by atoms with Gasteiger partial charge in [0.05, 0.1) is 11.6 Å². The molecule has 1 amide bonds. The third-order valence-electron chi connectivity index (χ3n) is 6.04. The zero-order valence-corrected chi connectivity index (χ0v) is 20.2. The van der Waals surface area contributed by atoms with Gasteiger partial charge in [0.25, 0.3) is 11.7 Å². The van der Waals surface area contributed by atoms with Crippen LogP contribution < -0.4 is 0 Å². The molecule has 5 heteroatoms. The number of rotatable bonds is 5. The first-order valence-electron chi connectivity index (χ1n) is 11.0. The van der Waals surface area contributed by atoms with Crippen molar-refractivity contribution in [3.8, 4) is 0 Å². The lowest BCUT2D eigenvalue weighted by Gasteiger charge is -2.27. The van der Waals surface area contributed by atoms with Crippen molar-refractivity contribution in [2.45, 2.75) is 46.1 Å². The Hall–Kier alpha value is -2.92. The predicted octanol–water partition coefficient (Wildman–Crippen LogP) is 4.58.